The van der Waals surface area contributed by atoms with E-state index in [0.29, 0.717) is 23.4 Å². The molecule has 3 heterocycles. The normalized spacial score (nSPS) is 17.5. The smallest absolute Gasteiger partial charge is 0.280 e. The van der Waals surface area contributed by atoms with E-state index in [2.05, 4.69) is 41.1 Å². The lowest BCUT2D eigenvalue weighted by Crippen LogP contribution is -2.31. The molecule has 2 aromatic heterocycles. The molecule has 2 aromatic rings. The minimum absolute atomic E-state index is 0.460. The third-order valence-electron chi connectivity index (χ3n) is 4.16. The lowest BCUT2D eigenvalue weighted by molar-refractivity contribution is 0.216. The minimum Gasteiger partial charge on any atom is -0.361 e. The SMILES string of the molecule is CC(C)Cc1cc(-c2nc(CC3CCN(C)CC3)no2)no1. The summed E-state index contributed by atoms with van der Waals surface area (Å²) in [6.07, 6.45) is 4.14. The molecule has 0 N–H and O–H groups in total. The maximum absolute atomic E-state index is 5.34. The van der Waals surface area contributed by atoms with Crippen LogP contribution in [0.4, 0.5) is 0 Å². The van der Waals surface area contributed by atoms with Gasteiger partial charge in [0.2, 0.25) is 0 Å². The third-order valence-corrected chi connectivity index (χ3v) is 4.16. The van der Waals surface area contributed by atoms with Gasteiger partial charge in [0, 0.05) is 18.9 Å². The second-order valence-electron chi connectivity index (χ2n) is 6.74. The van der Waals surface area contributed by atoms with E-state index in [1.807, 2.05) is 6.07 Å². The quantitative estimate of drug-likeness (QED) is 0.846. The highest BCUT2D eigenvalue weighted by atomic mass is 16.5. The Morgan fingerprint density at radius 1 is 1.23 bits per heavy atom. The predicted molar refractivity (Wildman–Crippen MR) is 82.3 cm³/mol. The molecule has 0 radical (unpaired) electrons. The van der Waals surface area contributed by atoms with Crippen molar-refractivity contribution in [1.82, 2.24) is 20.2 Å². The molecule has 1 saturated heterocycles. The molecule has 1 aliphatic rings. The molecule has 0 atom stereocenters. The summed E-state index contributed by atoms with van der Waals surface area (Å²) in [7, 11) is 2.17. The van der Waals surface area contributed by atoms with E-state index in [1.165, 1.54) is 12.8 Å². The molecule has 0 aromatic carbocycles. The van der Waals surface area contributed by atoms with Crippen molar-refractivity contribution in [3.05, 3.63) is 17.7 Å². The number of aromatic nitrogens is 3. The van der Waals surface area contributed by atoms with Crippen molar-refractivity contribution in [3.8, 4) is 11.6 Å². The molecule has 0 saturated carbocycles. The molecular formula is C16H24N4O2. The number of piperidine rings is 1. The number of hydrogen-bond donors (Lipinski definition) is 0. The van der Waals surface area contributed by atoms with Crippen molar-refractivity contribution < 1.29 is 9.05 Å². The summed E-state index contributed by atoms with van der Waals surface area (Å²) in [4.78, 5) is 6.84. The van der Waals surface area contributed by atoms with Crippen molar-refractivity contribution in [3.63, 3.8) is 0 Å². The molecular weight excluding hydrogens is 280 g/mol. The molecule has 0 unspecified atom stereocenters. The largest absolute Gasteiger partial charge is 0.361 e. The Kier molecular flexibility index (Phi) is 4.57. The van der Waals surface area contributed by atoms with Gasteiger partial charge in [-0.05, 0) is 44.8 Å². The first-order valence-corrected chi connectivity index (χ1v) is 8.07. The van der Waals surface area contributed by atoms with Crippen LogP contribution in [0.2, 0.25) is 0 Å². The maximum Gasteiger partial charge on any atom is 0.280 e. The van der Waals surface area contributed by atoms with Crippen molar-refractivity contribution in [2.24, 2.45) is 11.8 Å². The van der Waals surface area contributed by atoms with Gasteiger partial charge < -0.3 is 13.9 Å². The Morgan fingerprint density at radius 3 is 2.73 bits per heavy atom. The van der Waals surface area contributed by atoms with Gasteiger partial charge >= 0.3 is 0 Å². The fourth-order valence-corrected chi connectivity index (χ4v) is 2.88. The Hall–Kier alpha value is -1.69. The highest BCUT2D eigenvalue weighted by Gasteiger charge is 2.20. The molecule has 1 fully saturated rings. The zero-order valence-corrected chi connectivity index (χ0v) is 13.6. The topological polar surface area (TPSA) is 68.2 Å². The summed E-state index contributed by atoms with van der Waals surface area (Å²) in [5, 5.41) is 8.13. The van der Waals surface area contributed by atoms with E-state index in [0.717, 1.165) is 37.5 Å². The van der Waals surface area contributed by atoms with E-state index in [1.54, 1.807) is 0 Å². The molecule has 22 heavy (non-hydrogen) atoms. The van der Waals surface area contributed by atoms with Crippen LogP contribution in [0, 0.1) is 11.8 Å². The van der Waals surface area contributed by atoms with Crippen LogP contribution in [0.3, 0.4) is 0 Å². The van der Waals surface area contributed by atoms with E-state index in [4.69, 9.17) is 9.05 Å². The fourth-order valence-electron chi connectivity index (χ4n) is 2.88. The van der Waals surface area contributed by atoms with E-state index < -0.39 is 0 Å². The Bertz CT molecular complexity index is 597. The number of likely N-dealkylation sites (tertiary alicyclic amines) is 1. The third kappa shape index (κ3) is 3.74. The summed E-state index contributed by atoms with van der Waals surface area (Å²) in [5.74, 6) is 3.28. The zero-order chi connectivity index (χ0) is 15.5. The first-order chi connectivity index (χ1) is 10.6. The van der Waals surface area contributed by atoms with Gasteiger partial charge in [0.25, 0.3) is 5.89 Å². The summed E-state index contributed by atoms with van der Waals surface area (Å²) < 4.78 is 10.7. The number of rotatable bonds is 5. The first-order valence-electron chi connectivity index (χ1n) is 8.07. The summed E-state index contributed by atoms with van der Waals surface area (Å²) in [6, 6.07) is 1.90. The molecule has 1 aliphatic heterocycles. The summed E-state index contributed by atoms with van der Waals surface area (Å²) >= 11 is 0. The lowest BCUT2D eigenvalue weighted by atomic mass is 9.94. The average molecular weight is 304 g/mol. The lowest BCUT2D eigenvalue weighted by Gasteiger charge is -2.27. The van der Waals surface area contributed by atoms with Crippen LogP contribution >= 0.6 is 0 Å². The van der Waals surface area contributed by atoms with E-state index in [-0.39, 0.29) is 0 Å². The van der Waals surface area contributed by atoms with Crippen LogP contribution in [-0.4, -0.2) is 40.3 Å². The fraction of sp³-hybridized carbons (Fsp3) is 0.688. The van der Waals surface area contributed by atoms with Crippen LogP contribution < -0.4 is 0 Å². The molecule has 0 aliphatic carbocycles. The zero-order valence-electron chi connectivity index (χ0n) is 13.6. The minimum atomic E-state index is 0.460. The van der Waals surface area contributed by atoms with Gasteiger partial charge in [0.05, 0.1) is 0 Å². The molecule has 6 heteroatoms. The number of nitrogens with zero attached hydrogens (tertiary/aromatic N) is 4. The standard InChI is InChI=1S/C16H24N4O2/c1-11(2)8-13-10-14(18-21-13)16-17-15(19-22-16)9-12-4-6-20(3)7-5-12/h10-12H,4-9H2,1-3H3. The molecule has 0 bridgehead atoms. The highest BCUT2D eigenvalue weighted by Crippen LogP contribution is 2.22. The molecule has 0 spiro atoms. The first kappa shape index (κ1) is 15.2. The van der Waals surface area contributed by atoms with Gasteiger partial charge in [-0.15, -0.1) is 0 Å². The predicted octanol–water partition coefficient (Wildman–Crippen LogP) is 2.81. The average Bonchev–Trinajstić information content (AvgIpc) is 3.10. The Labute approximate surface area is 130 Å². The van der Waals surface area contributed by atoms with Gasteiger partial charge in [0.1, 0.15) is 5.76 Å². The van der Waals surface area contributed by atoms with Crippen molar-refractivity contribution >= 4 is 0 Å². The van der Waals surface area contributed by atoms with Gasteiger partial charge in [-0.1, -0.05) is 24.2 Å². The van der Waals surface area contributed by atoms with Crippen LogP contribution in [0.5, 0.6) is 0 Å². The maximum atomic E-state index is 5.34. The van der Waals surface area contributed by atoms with Gasteiger partial charge in [-0.2, -0.15) is 4.98 Å². The molecule has 6 nitrogen and oxygen atoms in total. The van der Waals surface area contributed by atoms with Gasteiger partial charge in [-0.25, -0.2) is 0 Å². The summed E-state index contributed by atoms with van der Waals surface area (Å²) in [6.45, 7) is 6.59. The van der Waals surface area contributed by atoms with Gasteiger partial charge in [0.15, 0.2) is 11.5 Å². The highest BCUT2D eigenvalue weighted by molar-refractivity contribution is 5.45. The Morgan fingerprint density at radius 2 is 2.00 bits per heavy atom. The van der Waals surface area contributed by atoms with Crippen molar-refractivity contribution in [1.29, 1.82) is 0 Å². The summed E-state index contributed by atoms with van der Waals surface area (Å²) in [5.41, 5.74) is 0.637. The van der Waals surface area contributed by atoms with E-state index >= 15 is 0 Å². The molecule has 0 amide bonds. The second-order valence-corrected chi connectivity index (χ2v) is 6.74. The monoisotopic (exact) mass is 304 g/mol. The van der Waals surface area contributed by atoms with E-state index in [9.17, 15) is 0 Å². The van der Waals surface area contributed by atoms with Gasteiger partial charge in [-0.3, -0.25) is 0 Å². The second kappa shape index (κ2) is 6.60. The number of hydrogen-bond acceptors (Lipinski definition) is 6. The van der Waals surface area contributed by atoms with Crippen LogP contribution in [0.1, 0.15) is 38.3 Å². The van der Waals surface area contributed by atoms with Crippen LogP contribution in [0.15, 0.2) is 15.1 Å². The molecule has 120 valence electrons. The van der Waals surface area contributed by atoms with Crippen LogP contribution in [-0.2, 0) is 12.8 Å². The molecule has 3 rings (SSSR count). The van der Waals surface area contributed by atoms with Crippen molar-refractivity contribution in [2.75, 3.05) is 20.1 Å². The Balaban J connectivity index is 1.62. The van der Waals surface area contributed by atoms with Crippen molar-refractivity contribution in [2.45, 2.75) is 39.5 Å². The van der Waals surface area contributed by atoms with Crippen LogP contribution in [0.25, 0.3) is 11.6 Å².